The number of amides is 2. The molecule has 0 radical (unpaired) electrons. The molecule has 4 N–H and O–H groups in total. The zero-order chi connectivity index (χ0) is 31.8. The number of aliphatic hydroxyl groups excluding tert-OH is 1. The molecule has 4 aromatic rings. The van der Waals surface area contributed by atoms with E-state index >= 15 is 0 Å². The van der Waals surface area contributed by atoms with E-state index < -0.39 is 0 Å². The number of rotatable bonds is 13. The minimum absolute atomic E-state index is 0.0840. The summed E-state index contributed by atoms with van der Waals surface area (Å²) in [6, 6.07) is 21.0. The van der Waals surface area contributed by atoms with Crippen molar-refractivity contribution in [1.29, 1.82) is 0 Å². The van der Waals surface area contributed by atoms with E-state index in [0.717, 1.165) is 65.9 Å². The van der Waals surface area contributed by atoms with Crippen molar-refractivity contribution >= 4 is 34.4 Å². The number of hydrogen-bond acceptors (Lipinski definition) is 6. The molecule has 2 atom stereocenters. The molecule has 1 aliphatic rings. The van der Waals surface area contributed by atoms with Crippen LogP contribution in [0.5, 0.6) is 0 Å². The molecule has 238 valence electrons. The number of likely N-dealkylation sites (tertiary alicyclic amines) is 1. The number of imidazole rings is 1. The minimum atomic E-state index is -0.303. The summed E-state index contributed by atoms with van der Waals surface area (Å²) in [4.78, 5) is 32.5. The van der Waals surface area contributed by atoms with Gasteiger partial charge >= 0.3 is 0 Å². The number of nitrogens with two attached hydrogens (primary N) is 1. The number of carbonyl (C=O) groups is 2. The van der Waals surface area contributed by atoms with Crippen LogP contribution in [-0.2, 0) is 22.5 Å². The zero-order valence-corrected chi connectivity index (χ0v) is 26.5. The summed E-state index contributed by atoms with van der Waals surface area (Å²) in [6.45, 7) is 2.97. The highest BCUT2D eigenvalue weighted by Gasteiger charge is 2.29. The number of aryl methyl sites for hydroxylation is 1. The van der Waals surface area contributed by atoms with Crippen LogP contribution in [-0.4, -0.2) is 77.4 Å². The highest BCUT2D eigenvalue weighted by atomic mass is 35.5. The molecule has 1 aliphatic heterocycles. The maximum absolute atomic E-state index is 13.4. The number of para-hydroxylation sites is 2. The molecule has 0 aliphatic carbocycles. The van der Waals surface area contributed by atoms with Crippen LogP contribution in [0.4, 0.5) is 0 Å². The van der Waals surface area contributed by atoms with Crippen LogP contribution in [0.2, 0.25) is 5.02 Å². The first-order valence-corrected chi connectivity index (χ1v) is 16.0. The van der Waals surface area contributed by atoms with Gasteiger partial charge in [-0.1, -0.05) is 54.1 Å². The Bertz CT molecular complexity index is 1610. The number of ether oxygens (including phenoxy) is 1. The number of halogens is 1. The Morgan fingerprint density at radius 1 is 1.16 bits per heavy atom. The van der Waals surface area contributed by atoms with Crippen LogP contribution in [0.25, 0.3) is 22.2 Å². The van der Waals surface area contributed by atoms with Crippen molar-refractivity contribution in [3.63, 3.8) is 0 Å². The number of methoxy groups -OCH3 is 1. The number of aliphatic hydroxyl groups is 1. The fourth-order valence-corrected chi connectivity index (χ4v) is 6.42. The van der Waals surface area contributed by atoms with Crippen molar-refractivity contribution in [2.75, 3.05) is 40.0 Å². The molecular weight excluding hydrogens is 590 g/mol. The predicted octanol–water partition coefficient (Wildman–Crippen LogP) is 4.78. The standard InChI is InChI=1S/C35H42ClN5O4/c1-45-19-5-17-41-32-8-3-2-7-31(32)39-34(41)27-6-4-16-40(23-27)33(43)22-28(37)20-24-9-11-25(12-10-24)29-14-13-26(21-30(29)36)35(44)38-15-18-42/h2-3,7-14,21,27-28,42H,4-6,15-20,22-23,37H2,1H3,(H,38,44)/t27-,28-/m1/s1. The minimum Gasteiger partial charge on any atom is -0.395 e. The zero-order valence-electron chi connectivity index (χ0n) is 25.8. The first-order chi connectivity index (χ1) is 21.9. The van der Waals surface area contributed by atoms with Gasteiger partial charge in [0.1, 0.15) is 5.82 Å². The van der Waals surface area contributed by atoms with Crippen LogP contribution < -0.4 is 11.1 Å². The lowest BCUT2D eigenvalue weighted by Gasteiger charge is -2.33. The van der Waals surface area contributed by atoms with Gasteiger partial charge in [0, 0.05) is 74.4 Å². The quantitative estimate of drug-likeness (QED) is 0.183. The van der Waals surface area contributed by atoms with Crippen LogP contribution in [0.1, 0.15) is 53.3 Å². The van der Waals surface area contributed by atoms with Crippen molar-refractivity contribution in [2.45, 2.75) is 50.6 Å². The molecule has 2 heterocycles. The summed E-state index contributed by atoms with van der Waals surface area (Å²) < 4.78 is 7.60. The summed E-state index contributed by atoms with van der Waals surface area (Å²) in [6.07, 6.45) is 3.70. The fourth-order valence-electron chi connectivity index (χ4n) is 6.13. The average molecular weight is 632 g/mol. The normalized spacial score (nSPS) is 15.7. The second-order valence-corrected chi connectivity index (χ2v) is 12.1. The van der Waals surface area contributed by atoms with E-state index in [4.69, 9.17) is 32.2 Å². The summed E-state index contributed by atoms with van der Waals surface area (Å²) in [5.74, 6) is 1.03. The number of aromatic nitrogens is 2. The Hall–Kier alpha value is -3.76. The third-order valence-corrected chi connectivity index (χ3v) is 8.69. The topological polar surface area (TPSA) is 123 Å². The molecule has 0 saturated carbocycles. The highest BCUT2D eigenvalue weighted by Crippen LogP contribution is 2.31. The molecule has 3 aromatic carbocycles. The van der Waals surface area contributed by atoms with Gasteiger partial charge in [-0.2, -0.15) is 0 Å². The lowest BCUT2D eigenvalue weighted by Crippen LogP contribution is -2.42. The van der Waals surface area contributed by atoms with E-state index in [1.807, 2.05) is 47.4 Å². The van der Waals surface area contributed by atoms with Crippen LogP contribution >= 0.6 is 11.6 Å². The Kier molecular flexibility index (Phi) is 11.2. The van der Waals surface area contributed by atoms with Gasteiger partial charge in [-0.05, 0) is 61.1 Å². The van der Waals surface area contributed by atoms with Crippen molar-refractivity contribution in [1.82, 2.24) is 19.8 Å². The van der Waals surface area contributed by atoms with Gasteiger partial charge in [0.15, 0.2) is 0 Å². The second kappa shape index (κ2) is 15.5. The summed E-state index contributed by atoms with van der Waals surface area (Å²) in [7, 11) is 1.72. The van der Waals surface area contributed by atoms with E-state index in [0.29, 0.717) is 30.2 Å². The van der Waals surface area contributed by atoms with Gasteiger partial charge in [-0.15, -0.1) is 0 Å². The fraction of sp³-hybridized carbons (Fsp3) is 0.400. The average Bonchev–Trinajstić information content (AvgIpc) is 3.42. The van der Waals surface area contributed by atoms with E-state index in [1.165, 1.54) is 0 Å². The Morgan fingerprint density at radius 2 is 1.96 bits per heavy atom. The lowest BCUT2D eigenvalue weighted by atomic mass is 9.95. The van der Waals surface area contributed by atoms with Gasteiger partial charge in [0.2, 0.25) is 5.91 Å². The molecule has 10 heteroatoms. The number of nitrogens with one attached hydrogen (secondary N) is 1. The Morgan fingerprint density at radius 3 is 2.71 bits per heavy atom. The van der Waals surface area contributed by atoms with Crippen LogP contribution in [0.15, 0.2) is 66.7 Å². The first kappa shape index (κ1) is 32.6. The molecule has 1 fully saturated rings. The van der Waals surface area contributed by atoms with Gasteiger partial charge in [0.25, 0.3) is 5.91 Å². The van der Waals surface area contributed by atoms with E-state index in [-0.39, 0.29) is 43.3 Å². The molecule has 9 nitrogen and oxygen atoms in total. The molecular formula is C35H42ClN5O4. The van der Waals surface area contributed by atoms with Crippen molar-refractivity contribution in [3.05, 3.63) is 88.7 Å². The van der Waals surface area contributed by atoms with E-state index in [9.17, 15) is 9.59 Å². The monoisotopic (exact) mass is 631 g/mol. The highest BCUT2D eigenvalue weighted by molar-refractivity contribution is 6.33. The largest absolute Gasteiger partial charge is 0.395 e. The number of nitrogens with zero attached hydrogens (tertiary/aromatic N) is 3. The van der Waals surface area contributed by atoms with Crippen molar-refractivity contribution in [2.24, 2.45) is 5.73 Å². The van der Waals surface area contributed by atoms with Crippen molar-refractivity contribution in [3.8, 4) is 11.1 Å². The van der Waals surface area contributed by atoms with Crippen molar-refractivity contribution < 1.29 is 19.4 Å². The Labute approximate surface area is 269 Å². The van der Waals surface area contributed by atoms with E-state index in [2.05, 4.69) is 22.0 Å². The summed E-state index contributed by atoms with van der Waals surface area (Å²) in [5.41, 5.74) is 11.8. The molecule has 1 saturated heterocycles. The molecule has 2 amide bonds. The molecule has 0 spiro atoms. The van der Waals surface area contributed by atoms with Crippen LogP contribution in [0.3, 0.4) is 0 Å². The number of fused-ring (bicyclic) bond motifs is 1. The van der Waals surface area contributed by atoms with Gasteiger partial charge in [-0.25, -0.2) is 4.98 Å². The smallest absolute Gasteiger partial charge is 0.251 e. The summed E-state index contributed by atoms with van der Waals surface area (Å²) >= 11 is 6.50. The third-order valence-electron chi connectivity index (χ3n) is 8.38. The molecule has 0 unspecified atom stereocenters. The van der Waals surface area contributed by atoms with Gasteiger partial charge < -0.3 is 30.4 Å². The van der Waals surface area contributed by atoms with E-state index in [1.54, 1.807) is 19.2 Å². The number of piperidine rings is 1. The van der Waals surface area contributed by atoms with Gasteiger partial charge in [0.05, 0.1) is 17.6 Å². The first-order valence-electron chi connectivity index (χ1n) is 15.6. The third kappa shape index (κ3) is 8.10. The summed E-state index contributed by atoms with van der Waals surface area (Å²) in [5, 5.41) is 12.0. The molecule has 1 aromatic heterocycles. The Balaban J connectivity index is 1.18. The van der Waals surface area contributed by atoms with Gasteiger partial charge in [-0.3, -0.25) is 9.59 Å². The maximum atomic E-state index is 13.4. The SMILES string of the molecule is COCCCn1c([C@@H]2CCCN(C(=O)C[C@H](N)Cc3ccc(-c4ccc(C(=O)NCCO)cc4Cl)cc3)C2)nc2ccccc21. The molecule has 45 heavy (non-hydrogen) atoms. The molecule has 5 rings (SSSR count). The number of carbonyl (C=O) groups excluding carboxylic acids is 2. The number of benzene rings is 3. The van der Waals surface area contributed by atoms with Crippen LogP contribution in [0, 0.1) is 0 Å². The number of hydrogen-bond donors (Lipinski definition) is 3. The molecule has 0 bridgehead atoms. The lowest BCUT2D eigenvalue weighted by molar-refractivity contribution is -0.132. The maximum Gasteiger partial charge on any atom is 0.251 e. The predicted molar refractivity (Wildman–Crippen MR) is 177 cm³/mol. The second-order valence-electron chi connectivity index (χ2n) is 11.7.